The van der Waals surface area contributed by atoms with E-state index in [0.29, 0.717) is 27.1 Å². The van der Waals surface area contributed by atoms with Crippen molar-refractivity contribution in [2.45, 2.75) is 19.9 Å². The lowest BCUT2D eigenvalue weighted by Crippen LogP contribution is -2.01. The number of anilines is 1. The van der Waals surface area contributed by atoms with Gasteiger partial charge in [-0.25, -0.2) is 0 Å². The minimum absolute atomic E-state index is 0.429. The van der Waals surface area contributed by atoms with Crippen LogP contribution in [0.15, 0.2) is 18.5 Å². The molecule has 0 amide bonds. The maximum Gasteiger partial charge on any atom is 0.165 e. The van der Waals surface area contributed by atoms with Crippen molar-refractivity contribution in [3.05, 3.63) is 28.5 Å². The van der Waals surface area contributed by atoms with Crippen LogP contribution < -0.4 is 5.73 Å². The zero-order valence-corrected chi connectivity index (χ0v) is 10.8. The average Bonchev–Trinajstić information content (AvgIpc) is 2.72. The monoisotopic (exact) mass is 270 g/mol. The first-order chi connectivity index (χ1) is 8.13. The van der Waals surface area contributed by atoms with Crippen LogP contribution in [-0.2, 0) is 6.54 Å². The summed E-state index contributed by atoms with van der Waals surface area (Å²) in [7, 11) is 0. The minimum atomic E-state index is 0.429. The minimum Gasteiger partial charge on any atom is -0.397 e. The van der Waals surface area contributed by atoms with Gasteiger partial charge < -0.3 is 10.3 Å². The largest absolute Gasteiger partial charge is 0.397 e. The first kappa shape index (κ1) is 12.2. The van der Waals surface area contributed by atoms with Gasteiger partial charge in [0.2, 0.25) is 0 Å². The van der Waals surface area contributed by atoms with Crippen LogP contribution in [0.1, 0.15) is 13.3 Å². The average molecular weight is 271 g/mol. The molecule has 0 bridgehead atoms. The summed E-state index contributed by atoms with van der Waals surface area (Å²) >= 11 is 12.0. The molecule has 0 saturated heterocycles. The Morgan fingerprint density at radius 1 is 1.35 bits per heavy atom. The first-order valence-electron chi connectivity index (χ1n) is 5.26. The Labute approximate surface area is 109 Å². The summed E-state index contributed by atoms with van der Waals surface area (Å²) < 4.78 is 1.93. The Balaban J connectivity index is 2.56. The molecule has 0 atom stereocenters. The molecule has 2 N–H and O–H groups in total. The summed E-state index contributed by atoms with van der Waals surface area (Å²) in [5.74, 6) is 0.689. The summed E-state index contributed by atoms with van der Waals surface area (Å²) in [5.41, 5.74) is 7.13. The number of nitrogens with two attached hydrogens (primary N) is 1. The maximum absolute atomic E-state index is 6.00. The van der Waals surface area contributed by atoms with Gasteiger partial charge in [0, 0.05) is 17.1 Å². The standard InChI is InChI=1S/C11H12Cl2N4/c1-2-3-17-6-15-16-11(17)8-4-7(12)5-9(13)10(8)14/h4-6H,2-3,14H2,1H3. The van der Waals surface area contributed by atoms with Crippen LogP contribution in [0.3, 0.4) is 0 Å². The number of aromatic nitrogens is 3. The van der Waals surface area contributed by atoms with E-state index in [1.165, 1.54) is 0 Å². The summed E-state index contributed by atoms with van der Waals surface area (Å²) in [4.78, 5) is 0. The van der Waals surface area contributed by atoms with Gasteiger partial charge in [0.15, 0.2) is 5.82 Å². The van der Waals surface area contributed by atoms with Crippen LogP contribution in [0.2, 0.25) is 10.0 Å². The van der Waals surface area contributed by atoms with E-state index >= 15 is 0 Å². The van der Waals surface area contributed by atoms with Crippen molar-refractivity contribution < 1.29 is 0 Å². The second-order valence-electron chi connectivity index (χ2n) is 3.70. The van der Waals surface area contributed by atoms with Gasteiger partial charge in [0.05, 0.1) is 10.7 Å². The summed E-state index contributed by atoms with van der Waals surface area (Å²) in [6, 6.07) is 3.36. The molecule has 2 rings (SSSR count). The van der Waals surface area contributed by atoms with Gasteiger partial charge in [0.25, 0.3) is 0 Å². The van der Waals surface area contributed by atoms with Crippen molar-refractivity contribution in [2.24, 2.45) is 0 Å². The van der Waals surface area contributed by atoms with Crippen LogP contribution in [-0.4, -0.2) is 14.8 Å². The van der Waals surface area contributed by atoms with E-state index in [2.05, 4.69) is 17.1 Å². The van der Waals surface area contributed by atoms with Crippen LogP contribution in [0, 0.1) is 0 Å². The fraction of sp³-hybridized carbons (Fsp3) is 0.273. The maximum atomic E-state index is 6.00. The van der Waals surface area contributed by atoms with Gasteiger partial charge >= 0.3 is 0 Å². The molecule has 0 saturated carbocycles. The van der Waals surface area contributed by atoms with E-state index in [9.17, 15) is 0 Å². The molecule has 0 aliphatic carbocycles. The highest BCUT2D eigenvalue weighted by Crippen LogP contribution is 2.33. The van der Waals surface area contributed by atoms with Crippen molar-refractivity contribution in [3.8, 4) is 11.4 Å². The number of nitrogen functional groups attached to an aromatic ring is 1. The van der Waals surface area contributed by atoms with Gasteiger partial charge in [0.1, 0.15) is 6.33 Å². The second kappa shape index (κ2) is 4.94. The van der Waals surface area contributed by atoms with Crippen molar-refractivity contribution in [2.75, 3.05) is 5.73 Å². The van der Waals surface area contributed by atoms with E-state index in [1.807, 2.05) is 4.57 Å². The molecule has 0 radical (unpaired) electrons. The Morgan fingerprint density at radius 3 is 2.82 bits per heavy atom. The molecular formula is C11H12Cl2N4. The highest BCUT2D eigenvalue weighted by Gasteiger charge is 2.13. The number of aryl methyl sites for hydroxylation is 1. The molecule has 1 aromatic carbocycles. The van der Waals surface area contributed by atoms with Gasteiger partial charge in [-0.15, -0.1) is 10.2 Å². The van der Waals surface area contributed by atoms with Crippen molar-refractivity contribution in [1.29, 1.82) is 0 Å². The number of rotatable bonds is 3. The molecular weight excluding hydrogens is 259 g/mol. The Bertz CT molecular complexity index is 536. The number of hydrogen-bond donors (Lipinski definition) is 1. The highest BCUT2D eigenvalue weighted by molar-refractivity contribution is 6.37. The van der Waals surface area contributed by atoms with Crippen LogP contribution in [0.25, 0.3) is 11.4 Å². The molecule has 90 valence electrons. The molecule has 0 unspecified atom stereocenters. The van der Waals surface area contributed by atoms with E-state index in [1.54, 1.807) is 18.5 Å². The fourth-order valence-corrected chi connectivity index (χ4v) is 2.13. The lowest BCUT2D eigenvalue weighted by atomic mass is 10.1. The molecule has 0 aliphatic rings. The predicted molar refractivity (Wildman–Crippen MR) is 70.2 cm³/mol. The third-order valence-corrected chi connectivity index (χ3v) is 2.95. The third kappa shape index (κ3) is 2.37. The summed E-state index contributed by atoms with van der Waals surface area (Å²) in [6.07, 6.45) is 2.66. The molecule has 0 spiro atoms. The topological polar surface area (TPSA) is 56.7 Å². The van der Waals surface area contributed by atoms with Crippen molar-refractivity contribution >= 4 is 28.9 Å². The molecule has 0 fully saturated rings. The Morgan fingerprint density at radius 2 is 2.12 bits per heavy atom. The highest BCUT2D eigenvalue weighted by atomic mass is 35.5. The van der Waals surface area contributed by atoms with Crippen LogP contribution >= 0.6 is 23.2 Å². The van der Waals surface area contributed by atoms with Gasteiger partial charge in [-0.05, 0) is 18.6 Å². The van der Waals surface area contributed by atoms with Gasteiger partial charge in [-0.3, -0.25) is 0 Å². The van der Waals surface area contributed by atoms with Gasteiger partial charge in [-0.2, -0.15) is 0 Å². The van der Waals surface area contributed by atoms with Gasteiger partial charge in [-0.1, -0.05) is 30.1 Å². The van der Waals surface area contributed by atoms with Crippen molar-refractivity contribution in [3.63, 3.8) is 0 Å². The van der Waals surface area contributed by atoms with E-state index < -0.39 is 0 Å². The number of nitrogens with zero attached hydrogens (tertiary/aromatic N) is 3. The van der Waals surface area contributed by atoms with E-state index in [-0.39, 0.29) is 0 Å². The zero-order valence-electron chi connectivity index (χ0n) is 9.32. The predicted octanol–water partition coefficient (Wildman–Crippen LogP) is 3.24. The summed E-state index contributed by atoms with van der Waals surface area (Å²) in [6.45, 7) is 2.91. The van der Waals surface area contributed by atoms with Crippen molar-refractivity contribution in [1.82, 2.24) is 14.8 Å². The Kier molecular flexibility index (Phi) is 3.54. The number of halogens is 2. The normalized spacial score (nSPS) is 10.8. The first-order valence-corrected chi connectivity index (χ1v) is 6.01. The lowest BCUT2D eigenvalue weighted by Gasteiger charge is -2.09. The van der Waals surface area contributed by atoms with Crippen LogP contribution in [0.5, 0.6) is 0 Å². The van der Waals surface area contributed by atoms with E-state index in [0.717, 1.165) is 13.0 Å². The third-order valence-electron chi connectivity index (χ3n) is 2.42. The summed E-state index contributed by atoms with van der Waals surface area (Å²) in [5, 5.41) is 8.91. The molecule has 1 aromatic heterocycles. The molecule has 4 nitrogen and oxygen atoms in total. The second-order valence-corrected chi connectivity index (χ2v) is 4.54. The Hall–Kier alpha value is -1.26. The molecule has 2 aromatic rings. The zero-order chi connectivity index (χ0) is 12.4. The number of benzene rings is 1. The quantitative estimate of drug-likeness (QED) is 0.872. The SMILES string of the molecule is CCCn1cnnc1-c1cc(Cl)cc(Cl)c1N. The lowest BCUT2D eigenvalue weighted by molar-refractivity contribution is 0.683. The van der Waals surface area contributed by atoms with Crippen LogP contribution in [0.4, 0.5) is 5.69 Å². The molecule has 17 heavy (non-hydrogen) atoms. The molecule has 6 heteroatoms. The van der Waals surface area contributed by atoms with E-state index in [4.69, 9.17) is 28.9 Å². The molecule has 0 aliphatic heterocycles. The smallest absolute Gasteiger partial charge is 0.165 e. The fourth-order valence-electron chi connectivity index (χ4n) is 1.64. The molecule has 1 heterocycles. The number of hydrogen-bond acceptors (Lipinski definition) is 3.